The summed E-state index contributed by atoms with van der Waals surface area (Å²) in [6.07, 6.45) is 0. The molecule has 0 fully saturated rings. The molecular weight excluding hydrogens is 264 g/mol. The molecule has 0 saturated heterocycles. The van der Waals surface area contributed by atoms with Crippen LogP contribution in [-0.4, -0.2) is 25.8 Å². The molecule has 1 aliphatic heterocycles. The highest BCUT2D eigenvalue weighted by Crippen LogP contribution is 2.37. The molecule has 0 aromatic heterocycles. The van der Waals surface area contributed by atoms with Crippen LogP contribution in [0, 0.1) is 6.92 Å². The van der Waals surface area contributed by atoms with Crippen LogP contribution in [0.5, 0.6) is 11.5 Å². The lowest BCUT2D eigenvalue weighted by atomic mass is 10.1. The standard InChI is InChI=1S/C17H20N2O2/c1-11-8-12(19(2)3)4-7-15(11)18-16-10-21-17-9-13(20)5-6-14(16)17/h4-9,16,18,20H,10H2,1-3H3. The Morgan fingerprint density at radius 3 is 2.71 bits per heavy atom. The van der Waals surface area contributed by atoms with E-state index in [9.17, 15) is 5.11 Å². The molecule has 1 aliphatic rings. The maximum absolute atomic E-state index is 9.49. The molecule has 0 bridgehead atoms. The molecule has 1 atom stereocenters. The van der Waals surface area contributed by atoms with Gasteiger partial charge in [-0.1, -0.05) is 0 Å². The molecular formula is C17H20N2O2. The number of anilines is 2. The first-order valence-electron chi connectivity index (χ1n) is 7.05. The van der Waals surface area contributed by atoms with Crippen LogP contribution in [0.4, 0.5) is 11.4 Å². The lowest BCUT2D eigenvalue weighted by Gasteiger charge is -2.18. The minimum Gasteiger partial charge on any atom is -0.508 e. The normalized spacial score (nSPS) is 16.2. The molecule has 0 radical (unpaired) electrons. The lowest BCUT2D eigenvalue weighted by Crippen LogP contribution is -2.13. The molecule has 1 unspecified atom stereocenters. The van der Waals surface area contributed by atoms with Gasteiger partial charge >= 0.3 is 0 Å². The van der Waals surface area contributed by atoms with Crippen LogP contribution in [0.15, 0.2) is 36.4 Å². The van der Waals surface area contributed by atoms with Crippen LogP contribution in [0.1, 0.15) is 17.2 Å². The smallest absolute Gasteiger partial charge is 0.128 e. The lowest BCUT2D eigenvalue weighted by molar-refractivity contribution is 0.338. The molecule has 1 heterocycles. The number of nitrogens with one attached hydrogen (secondary N) is 1. The molecule has 3 rings (SSSR count). The first-order chi connectivity index (χ1) is 10.0. The zero-order valence-corrected chi connectivity index (χ0v) is 12.6. The Morgan fingerprint density at radius 2 is 2.00 bits per heavy atom. The first kappa shape index (κ1) is 13.6. The average Bonchev–Trinajstić information content (AvgIpc) is 2.83. The molecule has 2 N–H and O–H groups in total. The number of fused-ring (bicyclic) bond motifs is 1. The van der Waals surface area contributed by atoms with Gasteiger partial charge in [0.2, 0.25) is 0 Å². The maximum Gasteiger partial charge on any atom is 0.128 e. The highest BCUT2D eigenvalue weighted by atomic mass is 16.5. The van der Waals surface area contributed by atoms with Crippen LogP contribution >= 0.6 is 0 Å². The summed E-state index contributed by atoms with van der Waals surface area (Å²) >= 11 is 0. The molecule has 21 heavy (non-hydrogen) atoms. The summed E-state index contributed by atoms with van der Waals surface area (Å²) < 4.78 is 5.64. The van der Waals surface area contributed by atoms with Gasteiger partial charge in [0, 0.05) is 37.1 Å². The van der Waals surface area contributed by atoms with Crippen molar-refractivity contribution in [1.29, 1.82) is 0 Å². The van der Waals surface area contributed by atoms with Crippen LogP contribution in [0.25, 0.3) is 0 Å². The number of benzene rings is 2. The highest BCUT2D eigenvalue weighted by Gasteiger charge is 2.24. The molecule has 0 spiro atoms. The van der Waals surface area contributed by atoms with Gasteiger partial charge in [0.1, 0.15) is 18.1 Å². The number of nitrogens with zero attached hydrogens (tertiary/aromatic N) is 1. The van der Waals surface area contributed by atoms with Crippen molar-refractivity contribution in [2.45, 2.75) is 13.0 Å². The topological polar surface area (TPSA) is 44.7 Å². The molecule has 110 valence electrons. The largest absolute Gasteiger partial charge is 0.508 e. The van der Waals surface area contributed by atoms with Crippen molar-refractivity contribution in [2.75, 3.05) is 30.9 Å². The number of ether oxygens (including phenoxy) is 1. The Labute approximate surface area is 125 Å². The molecule has 4 nitrogen and oxygen atoms in total. The Morgan fingerprint density at radius 1 is 1.19 bits per heavy atom. The van der Waals surface area contributed by atoms with Crippen molar-refractivity contribution in [2.24, 2.45) is 0 Å². The number of hydrogen-bond acceptors (Lipinski definition) is 4. The van der Waals surface area contributed by atoms with E-state index in [0.717, 1.165) is 17.0 Å². The number of hydrogen-bond donors (Lipinski definition) is 2. The Bertz CT molecular complexity index is 668. The van der Waals surface area contributed by atoms with Crippen molar-refractivity contribution in [3.05, 3.63) is 47.5 Å². The SMILES string of the molecule is Cc1cc(N(C)C)ccc1NC1COc2cc(O)ccc21. The van der Waals surface area contributed by atoms with E-state index in [0.29, 0.717) is 6.61 Å². The van der Waals surface area contributed by atoms with Gasteiger partial charge in [-0.05, 0) is 42.8 Å². The second-order valence-electron chi connectivity index (χ2n) is 5.62. The molecule has 0 aliphatic carbocycles. The van der Waals surface area contributed by atoms with E-state index in [4.69, 9.17) is 4.74 Å². The number of phenols is 1. The van der Waals surface area contributed by atoms with E-state index >= 15 is 0 Å². The van der Waals surface area contributed by atoms with Crippen LogP contribution in [-0.2, 0) is 0 Å². The Hall–Kier alpha value is -2.36. The molecule has 2 aromatic rings. The fraction of sp³-hybridized carbons (Fsp3) is 0.294. The predicted octanol–water partition coefficient (Wildman–Crippen LogP) is 3.31. The van der Waals surface area contributed by atoms with Gasteiger partial charge in [-0.25, -0.2) is 0 Å². The fourth-order valence-corrected chi connectivity index (χ4v) is 2.59. The van der Waals surface area contributed by atoms with Gasteiger partial charge in [0.15, 0.2) is 0 Å². The monoisotopic (exact) mass is 284 g/mol. The zero-order valence-electron chi connectivity index (χ0n) is 12.6. The maximum atomic E-state index is 9.49. The number of rotatable bonds is 3. The molecule has 4 heteroatoms. The van der Waals surface area contributed by atoms with Gasteiger partial charge in [-0.15, -0.1) is 0 Å². The first-order valence-corrected chi connectivity index (χ1v) is 7.05. The van der Waals surface area contributed by atoms with E-state index in [1.165, 1.54) is 11.3 Å². The summed E-state index contributed by atoms with van der Waals surface area (Å²) in [7, 11) is 4.07. The van der Waals surface area contributed by atoms with Crippen LogP contribution < -0.4 is 15.0 Å². The van der Waals surface area contributed by atoms with Crippen LogP contribution in [0.2, 0.25) is 0 Å². The van der Waals surface area contributed by atoms with Crippen molar-refractivity contribution in [1.82, 2.24) is 0 Å². The van der Waals surface area contributed by atoms with Crippen molar-refractivity contribution >= 4 is 11.4 Å². The third-order valence-corrected chi connectivity index (χ3v) is 3.83. The summed E-state index contributed by atoms with van der Waals surface area (Å²) in [5, 5.41) is 13.0. The average molecular weight is 284 g/mol. The summed E-state index contributed by atoms with van der Waals surface area (Å²) in [6, 6.07) is 11.8. The van der Waals surface area contributed by atoms with Crippen molar-refractivity contribution in [3.8, 4) is 11.5 Å². The van der Waals surface area contributed by atoms with E-state index < -0.39 is 0 Å². The quantitative estimate of drug-likeness (QED) is 0.907. The van der Waals surface area contributed by atoms with Crippen LogP contribution in [0.3, 0.4) is 0 Å². The van der Waals surface area contributed by atoms with Gasteiger partial charge in [0.05, 0.1) is 6.04 Å². The summed E-state index contributed by atoms with van der Waals surface area (Å²) in [4.78, 5) is 2.09. The third-order valence-electron chi connectivity index (χ3n) is 3.83. The Balaban J connectivity index is 1.83. The number of phenolic OH excluding ortho intramolecular Hbond substituents is 1. The third kappa shape index (κ3) is 2.61. The second-order valence-corrected chi connectivity index (χ2v) is 5.62. The molecule has 0 saturated carbocycles. The summed E-state index contributed by atoms with van der Waals surface area (Å²) in [6.45, 7) is 2.68. The van der Waals surface area contributed by atoms with Crippen molar-refractivity contribution in [3.63, 3.8) is 0 Å². The number of aryl methyl sites for hydroxylation is 1. The van der Waals surface area contributed by atoms with E-state index in [1.54, 1.807) is 12.1 Å². The van der Waals surface area contributed by atoms with Crippen molar-refractivity contribution < 1.29 is 9.84 Å². The van der Waals surface area contributed by atoms with Gasteiger partial charge < -0.3 is 20.1 Å². The predicted molar refractivity (Wildman–Crippen MR) is 85.5 cm³/mol. The van der Waals surface area contributed by atoms with E-state index in [2.05, 4.69) is 35.3 Å². The van der Waals surface area contributed by atoms with E-state index in [1.807, 2.05) is 20.2 Å². The molecule has 2 aromatic carbocycles. The highest BCUT2D eigenvalue weighted by molar-refractivity contribution is 5.61. The van der Waals surface area contributed by atoms with Gasteiger partial charge in [0.25, 0.3) is 0 Å². The minimum atomic E-state index is 0.115. The fourth-order valence-electron chi connectivity index (χ4n) is 2.59. The zero-order chi connectivity index (χ0) is 15.0. The molecule has 0 amide bonds. The minimum absolute atomic E-state index is 0.115. The number of aromatic hydroxyl groups is 1. The second kappa shape index (κ2) is 5.20. The van der Waals surface area contributed by atoms with Gasteiger partial charge in [-0.3, -0.25) is 0 Å². The van der Waals surface area contributed by atoms with Gasteiger partial charge in [-0.2, -0.15) is 0 Å². The summed E-state index contributed by atoms with van der Waals surface area (Å²) in [5.41, 5.74) is 4.58. The summed E-state index contributed by atoms with van der Waals surface area (Å²) in [5.74, 6) is 0.996. The Kier molecular flexibility index (Phi) is 3.37. The van der Waals surface area contributed by atoms with E-state index in [-0.39, 0.29) is 11.8 Å².